The Morgan fingerprint density at radius 1 is 1.13 bits per heavy atom. The molecule has 3 rings (SSSR count). The summed E-state index contributed by atoms with van der Waals surface area (Å²) < 4.78 is 0. The Kier molecular flexibility index (Phi) is 4.24. The molecule has 0 aliphatic carbocycles. The largest absolute Gasteiger partial charge is 0.356 e. The lowest BCUT2D eigenvalue weighted by Gasteiger charge is -2.38. The molecule has 0 spiro atoms. The first-order chi connectivity index (χ1) is 11.1. The van der Waals surface area contributed by atoms with Gasteiger partial charge >= 0.3 is 0 Å². The van der Waals surface area contributed by atoms with Crippen molar-refractivity contribution in [2.24, 2.45) is 5.92 Å². The molecular formula is C19H24N4. The molecular weight excluding hydrogens is 284 g/mol. The quantitative estimate of drug-likeness (QED) is 0.836. The van der Waals surface area contributed by atoms with Crippen molar-refractivity contribution >= 4 is 22.9 Å². The van der Waals surface area contributed by atoms with Gasteiger partial charge in [0.25, 0.3) is 0 Å². The predicted octanol–water partition coefficient (Wildman–Crippen LogP) is 3.89. The second-order valence-corrected chi connectivity index (χ2v) is 6.23. The van der Waals surface area contributed by atoms with Crippen LogP contribution >= 0.6 is 0 Å². The number of hydrogen-bond donors (Lipinski definition) is 0. The van der Waals surface area contributed by atoms with E-state index in [1.165, 1.54) is 0 Å². The SMILES string of the molecule is C=CN(C)c1ccccc1N(C)c1ccc(N2CC(C)C2)nc1. The molecule has 0 bridgehead atoms. The Bertz CT molecular complexity index is 674. The number of anilines is 4. The molecule has 0 atom stereocenters. The Morgan fingerprint density at radius 3 is 2.39 bits per heavy atom. The van der Waals surface area contributed by atoms with Crippen LogP contribution in [0.1, 0.15) is 6.92 Å². The van der Waals surface area contributed by atoms with Crippen LogP contribution in [-0.2, 0) is 0 Å². The molecule has 1 fully saturated rings. The summed E-state index contributed by atoms with van der Waals surface area (Å²) in [6.45, 7) is 8.33. The van der Waals surface area contributed by atoms with Gasteiger partial charge in [-0.2, -0.15) is 0 Å². The van der Waals surface area contributed by atoms with E-state index in [9.17, 15) is 0 Å². The molecule has 0 radical (unpaired) electrons. The van der Waals surface area contributed by atoms with Crippen molar-refractivity contribution in [1.82, 2.24) is 4.98 Å². The van der Waals surface area contributed by atoms with Gasteiger partial charge in [-0.1, -0.05) is 25.6 Å². The van der Waals surface area contributed by atoms with Gasteiger partial charge in [0, 0.05) is 27.2 Å². The first-order valence-corrected chi connectivity index (χ1v) is 7.99. The van der Waals surface area contributed by atoms with E-state index < -0.39 is 0 Å². The lowest BCUT2D eigenvalue weighted by molar-refractivity contribution is 0.443. The lowest BCUT2D eigenvalue weighted by Crippen LogP contribution is -2.45. The predicted molar refractivity (Wildman–Crippen MR) is 98.7 cm³/mol. The van der Waals surface area contributed by atoms with Crippen LogP contribution in [0.15, 0.2) is 55.4 Å². The molecule has 4 heteroatoms. The molecule has 23 heavy (non-hydrogen) atoms. The van der Waals surface area contributed by atoms with Gasteiger partial charge in [-0.3, -0.25) is 0 Å². The van der Waals surface area contributed by atoms with Gasteiger partial charge in [-0.15, -0.1) is 0 Å². The minimum atomic E-state index is 0.778. The van der Waals surface area contributed by atoms with Crippen LogP contribution in [0.25, 0.3) is 0 Å². The minimum absolute atomic E-state index is 0.778. The van der Waals surface area contributed by atoms with E-state index in [0.29, 0.717) is 0 Å². The monoisotopic (exact) mass is 308 g/mol. The van der Waals surface area contributed by atoms with Gasteiger partial charge in [-0.25, -0.2) is 4.98 Å². The maximum atomic E-state index is 4.63. The summed E-state index contributed by atoms with van der Waals surface area (Å²) in [4.78, 5) is 11.1. The van der Waals surface area contributed by atoms with Gasteiger partial charge < -0.3 is 14.7 Å². The number of aromatic nitrogens is 1. The Balaban J connectivity index is 1.83. The fourth-order valence-electron chi connectivity index (χ4n) is 2.93. The molecule has 1 aliphatic rings. The van der Waals surface area contributed by atoms with Crippen molar-refractivity contribution < 1.29 is 0 Å². The summed E-state index contributed by atoms with van der Waals surface area (Å²) in [6.07, 6.45) is 3.77. The number of rotatable bonds is 5. The average molecular weight is 308 g/mol. The van der Waals surface area contributed by atoms with Gasteiger partial charge in [0.1, 0.15) is 5.82 Å². The maximum absolute atomic E-state index is 4.63. The summed E-state index contributed by atoms with van der Waals surface area (Å²) >= 11 is 0. The van der Waals surface area contributed by atoms with Gasteiger partial charge in [0.15, 0.2) is 0 Å². The molecule has 0 unspecified atom stereocenters. The molecule has 1 aromatic carbocycles. The molecule has 4 nitrogen and oxygen atoms in total. The first-order valence-electron chi connectivity index (χ1n) is 7.99. The number of hydrogen-bond acceptors (Lipinski definition) is 4. The summed E-state index contributed by atoms with van der Waals surface area (Å²) in [5.74, 6) is 1.84. The Morgan fingerprint density at radius 2 is 1.83 bits per heavy atom. The zero-order chi connectivity index (χ0) is 16.4. The third-order valence-electron chi connectivity index (χ3n) is 4.40. The molecule has 1 aliphatic heterocycles. The lowest BCUT2D eigenvalue weighted by atomic mass is 10.0. The molecule has 0 amide bonds. The molecule has 1 saturated heterocycles. The maximum Gasteiger partial charge on any atom is 0.128 e. The van der Waals surface area contributed by atoms with Gasteiger partial charge in [0.2, 0.25) is 0 Å². The van der Waals surface area contributed by atoms with Crippen LogP contribution in [0.4, 0.5) is 22.9 Å². The summed E-state index contributed by atoms with van der Waals surface area (Å²) in [7, 11) is 4.07. The molecule has 120 valence electrons. The molecule has 2 heterocycles. The van der Waals surface area contributed by atoms with E-state index in [0.717, 1.165) is 41.9 Å². The van der Waals surface area contributed by atoms with Crippen molar-refractivity contribution in [2.45, 2.75) is 6.92 Å². The normalized spacial score (nSPS) is 14.3. The van der Waals surface area contributed by atoms with E-state index in [1.807, 2.05) is 30.4 Å². The van der Waals surface area contributed by atoms with Crippen LogP contribution in [0.2, 0.25) is 0 Å². The zero-order valence-corrected chi connectivity index (χ0v) is 14.1. The standard InChI is InChI=1S/C19H24N4/c1-5-21(3)17-8-6-7-9-18(17)22(4)16-10-11-19(20-12-16)23-13-15(2)14-23/h5-12,15H,1,13-14H2,2-4H3. The fourth-order valence-corrected chi connectivity index (χ4v) is 2.93. The van der Waals surface area contributed by atoms with Crippen LogP contribution in [0.3, 0.4) is 0 Å². The number of para-hydroxylation sites is 2. The molecule has 1 aromatic heterocycles. The topological polar surface area (TPSA) is 22.6 Å². The van der Waals surface area contributed by atoms with Crippen LogP contribution < -0.4 is 14.7 Å². The van der Waals surface area contributed by atoms with Crippen LogP contribution in [0.5, 0.6) is 0 Å². The second-order valence-electron chi connectivity index (χ2n) is 6.23. The number of benzene rings is 1. The van der Waals surface area contributed by atoms with Crippen molar-refractivity contribution in [1.29, 1.82) is 0 Å². The summed E-state index contributed by atoms with van der Waals surface area (Å²) in [6, 6.07) is 12.5. The van der Waals surface area contributed by atoms with E-state index >= 15 is 0 Å². The van der Waals surface area contributed by atoms with Crippen LogP contribution in [0, 0.1) is 5.92 Å². The Labute approximate surface area is 138 Å². The van der Waals surface area contributed by atoms with Crippen molar-refractivity contribution in [2.75, 3.05) is 41.9 Å². The van der Waals surface area contributed by atoms with Crippen molar-refractivity contribution in [3.8, 4) is 0 Å². The third kappa shape index (κ3) is 3.02. The minimum Gasteiger partial charge on any atom is -0.356 e. The zero-order valence-electron chi connectivity index (χ0n) is 14.1. The van der Waals surface area contributed by atoms with E-state index in [-0.39, 0.29) is 0 Å². The average Bonchev–Trinajstić information content (AvgIpc) is 2.58. The highest BCUT2D eigenvalue weighted by atomic mass is 15.2. The van der Waals surface area contributed by atoms with E-state index in [4.69, 9.17) is 0 Å². The summed E-state index contributed by atoms with van der Waals surface area (Å²) in [5, 5.41) is 0. The van der Waals surface area contributed by atoms with Crippen molar-refractivity contribution in [3.63, 3.8) is 0 Å². The molecule has 0 N–H and O–H groups in total. The summed E-state index contributed by atoms with van der Waals surface area (Å²) in [5.41, 5.74) is 3.32. The Hall–Kier alpha value is -2.49. The van der Waals surface area contributed by atoms with Gasteiger partial charge in [-0.05, 0) is 36.4 Å². The van der Waals surface area contributed by atoms with Crippen molar-refractivity contribution in [3.05, 3.63) is 55.4 Å². The number of nitrogens with zero attached hydrogens (tertiary/aromatic N) is 4. The smallest absolute Gasteiger partial charge is 0.128 e. The first kappa shape index (κ1) is 15.4. The molecule has 0 saturated carbocycles. The van der Waals surface area contributed by atoms with Gasteiger partial charge in [0.05, 0.1) is 23.3 Å². The fraction of sp³-hybridized carbons (Fsp3) is 0.316. The third-order valence-corrected chi connectivity index (χ3v) is 4.40. The van der Waals surface area contributed by atoms with Crippen LogP contribution in [-0.4, -0.2) is 32.2 Å². The second kappa shape index (κ2) is 6.32. The highest BCUT2D eigenvalue weighted by Crippen LogP contribution is 2.33. The van der Waals surface area contributed by atoms with E-state index in [1.54, 1.807) is 0 Å². The highest BCUT2D eigenvalue weighted by Gasteiger charge is 2.23. The number of pyridine rings is 1. The van der Waals surface area contributed by atoms with E-state index in [2.05, 4.69) is 65.7 Å². The highest BCUT2D eigenvalue weighted by molar-refractivity contribution is 5.77. The molecule has 2 aromatic rings.